The third-order valence-corrected chi connectivity index (χ3v) is 8.93. The van der Waals surface area contributed by atoms with Crippen molar-refractivity contribution in [2.45, 2.75) is 30.5 Å². The van der Waals surface area contributed by atoms with Crippen LogP contribution in [0.5, 0.6) is 40.2 Å². The van der Waals surface area contributed by atoms with Gasteiger partial charge >= 0.3 is 0 Å². The maximum Gasteiger partial charge on any atom is 0.232 e. The molecule has 4 heterocycles. The van der Waals surface area contributed by atoms with Gasteiger partial charge in [-0.3, -0.25) is 0 Å². The highest BCUT2D eigenvalue weighted by atomic mass is 16.7. The Morgan fingerprint density at radius 1 is 0.841 bits per heavy atom. The second-order valence-corrected chi connectivity index (χ2v) is 11.4. The van der Waals surface area contributed by atoms with E-state index in [1.807, 2.05) is 24.3 Å². The van der Waals surface area contributed by atoms with E-state index in [-0.39, 0.29) is 32.0 Å². The second kappa shape index (κ2) is 11.6. The number of aliphatic hydroxyl groups is 1. The predicted molar refractivity (Wildman–Crippen MR) is 155 cm³/mol. The zero-order valence-electron chi connectivity index (χ0n) is 25.1. The Balaban J connectivity index is 1.17. The normalized spacial score (nSPS) is 28.2. The van der Waals surface area contributed by atoms with Gasteiger partial charge in [0.05, 0.1) is 53.2 Å². The zero-order chi connectivity index (χ0) is 30.4. The zero-order valence-corrected chi connectivity index (χ0v) is 25.1. The molecule has 0 spiro atoms. The monoisotopic (exact) mass is 608 g/mol. The molecule has 0 amide bonds. The molecule has 1 N–H and O–H groups in total. The molecule has 234 valence electrons. The van der Waals surface area contributed by atoms with Crippen molar-refractivity contribution < 1.29 is 52.5 Å². The molecule has 2 saturated heterocycles. The third kappa shape index (κ3) is 4.75. The molecule has 7 rings (SSSR count). The summed E-state index contributed by atoms with van der Waals surface area (Å²) < 4.78 is 58.7. The lowest BCUT2D eigenvalue weighted by Gasteiger charge is -2.35. The number of hydrogen-bond donors (Lipinski definition) is 1. The van der Waals surface area contributed by atoms with Crippen LogP contribution in [0.4, 0.5) is 0 Å². The van der Waals surface area contributed by atoms with Crippen LogP contribution in [0.3, 0.4) is 0 Å². The van der Waals surface area contributed by atoms with Crippen LogP contribution in [-0.4, -0.2) is 72.1 Å². The van der Waals surface area contributed by atoms with Gasteiger partial charge in [-0.15, -0.1) is 0 Å². The molecule has 44 heavy (non-hydrogen) atoms. The number of ether oxygens (including phenoxy) is 10. The lowest BCUT2D eigenvalue weighted by molar-refractivity contribution is -0.153. The van der Waals surface area contributed by atoms with Gasteiger partial charge in [-0.1, -0.05) is 12.1 Å². The van der Waals surface area contributed by atoms with E-state index in [1.165, 1.54) is 0 Å². The second-order valence-electron chi connectivity index (χ2n) is 11.4. The predicted octanol–water partition coefficient (Wildman–Crippen LogP) is 4.23. The largest absolute Gasteiger partial charge is 0.496 e. The van der Waals surface area contributed by atoms with Crippen molar-refractivity contribution in [1.29, 1.82) is 0 Å². The fourth-order valence-corrected chi connectivity index (χ4v) is 6.71. The highest BCUT2D eigenvalue weighted by Gasteiger charge is 2.61. The van der Waals surface area contributed by atoms with Gasteiger partial charge in [0.25, 0.3) is 0 Å². The Hall–Kier alpha value is -3.90. The number of rotatable bonds is 9. The maximum atomic E-state index is 11.9. The lowest BCUT2D eigenvalue weighted by atomic mass is 9.83. The first kappa shape index (κ1) is 28.8. The molecule has 0 unspecified atom stereocenters. The van der Waals surface area contributed by atoms with Crippen LogP contribution in [0.1, 0.15) is 28.9 Å². The Morgan fingerprint density at radius 3 is 2.36 bits per heavy atom. The molecule has 0 radical (unpaired) electrons. The number of para-hydroxylation sites is 1. The first-order valence-corrected chi connectivity index (χ1v) is 14.6. The number of fused-ring (bicyclic) bond motifs is 3. The Kier molecular flexibility index (Phi) is 7.57. The molecule has 3 aromatic rings. The summed E-state index contributed by atoms with van der Waals surface area (Å²) in [6.07, 6.45) is -1.05. The van der Waals surface area contributed by atoms with Crippen LogP contribution >= 0.6 is 0 Å². The summed E-state index contributed by atoms with van der Waals surface area (Å²) in [6.45, 7) is 0.945. The summed E-state index contributed by atoms with van der Waals surface area (Å²) in [5.74, 6) is 3.67. The summed E-state index contributed by atoms with van der Waals surface area (Å²) in [7, 11) is 6.40. The molecule has 2 fully saturated rings. The van der Waals surface area contributed by atoms with E-state index in [1.54, 1.807) is 46.6 Å². The van der Waals surface area contributed by atoms with E-state index in [9.17, 15) is 5.11 Å². The molecule has 4 aliphatic rings. The smallest absolute Gasteiger partial charge is 0.232 e. The van der Waals surface area contributed by atoms with E-state index in [4.69, 9.17) is 47.4 Å². The van der Waals surface area contributed by atoms with E-state index in [0.29, 0.717) is 41.8 Å². The van der Waals surface area contributed by atoms with Crippen molar-refractivity contribution in [3.05, 3.63) is 65.2 Å². The summed E-state index contributed by atoms with van der Waals surface area (Å²) in [4.78, 5) is 0. The van der Waals surface area contributed by atoms with E-state index >= 15 is 0 Å². The van der Waals surface area contributed by atoms with Crippen LogP contribution in [0.25, 0.3) is 0 Å². The summed E-state index contributed by atoms with van der Waals surface area (Å²) >= 11 is 0. The molecule has 0 aliphatic carbocycles. The first-order valence-electron chi connectivity index (χ1n) is 14.6. The highest BCUT2D eigenvalue weighted by molar-refractivity contribution is 5.53. The Morgan fingerprint density at radius 2 is 1.61 bits per heavy atom. The van der Waals surface area contributed by atoms with Crippen molar-refractivity contribution in [1.82, 2.24) is 0 Å². The van der Waals surface area contributed by atoms with Gasteiger partial charge in [0.15, 0.2) is 28.6 Å². The van der Waals surface area contributed by atoms with E-state index in [2.05, 4.69) is 6.07 Å². The van der Waals surface area contributed by atoms with Crippen molar-refractivity contribution in [3.63, 3.8) is 0 Å². The number of hydrogen-bond acceptors (Lipinski definition) is 11. The van der Waals surface area contributed by atoms with Crippen LogP contribution in [0.2, 0.25) is 0 Å². The first-order chi connectivity index (χ1) is 21.5. The van der Waals surface area contributed by atoms with Crippen molar-refractivity contribution in [3.8, 4) is 40.2 Å². The summed E-state index contributed by atoms with van der Waals surface area (Å²) in [5, 5.41) is 11.9. The molecule has 4 aliphatic heterocycles. The topological polar surface area (TPSA) is 113 Å². The Labute approximate surface area is 255 Å². The molecular formula is C33H36O11. The third-order valence-electron chi connectivity index (χ3n) is 8.93. The number of methoxy groups -OCH3 is 4. The molecule has 0 aromatic heterocycles. The molecule has 11 nitrogen and oxygen atoms in total. The highest BCUT2D eigenvalue weighted by Crippen LogP contribution is 2.53. The Bertz CT molecular complexity index is 1500. The molecule has 6 atom stereocenters. The van der Waals surface area contributed by atoms with E-state index in [0.717, 1.165) is 28.2 Å². The van der Waals surface area contributed by atoms with Crippen LogP contribution in [-0.2, 0) is 20.6 Å². The van der Waals surface area contributed by atoms with Gasteiger partial charge in [-0.2, -0.15) is 0 Å². The van der Waals surface area contributed by atoms with Crippen LogP contribution in [0, 0.1) is 11.8 Å². The fourth-order valence-electron chi connectivity index (χ4n) is 6.71. The molecule has 0 saturated carbocycles. The average molecular weight is 609 g/mol. The van der Waals surface area contributed by atoms with Crippen molar-refractivity contribution in [2.75, 3.05) is 55.1 Å². The van der Waals surface area contributed by atoms with Gasteiger partial charge in [0.1, 0.15) is 17.6 Å². The van der Waals surface area contributed by atoms with Gasteiger partial charge < -0.3 is 52.5 Å². The average Bonchev–Trinajstić information content (AvgIpc) is 3.74. The van der Waals surface area contributed by atoms with Gasteiger partial charge in [-0.25, -0.2) is 0 Å². The summed E-state index contributed by atoms with van der Waals surface area (Å²) in [6, 6.07) is 15.2. The molecular weight excluding hydrogens is 572 g/mol. The van der Waals surface area contributed by atoms with Crippen LogP contribution < -0.4 is 33.2 Å². The minimum absolute atomic E-state index is 0.0136. The molecule has 0 bridgehead atoms. The van der Waals surface area contributed by atoms with Gasteiger partial charge in [-0.05, 0) is 47.9 Å². The van der Waals surface area contributed by atoms with Gasteiger partial charge in [0.2, 0.25) is 18.8 Å². The van der Waals surface area contributed by atoms with Crippen molar-refractivity contribution >= 4 is 0 Å². The molecule has 3 aromatic carbocycles. The lowest BCUT2D eigenvalue weighted by Crippen LogP contribution is -2.47. The quantitative estimate of drug-likeness (QED) is 0.377. The standard InChI is InChI=1S/C33H36O11/c1-35-14-20-10-19-11-21(27(38-4)13-26(19)43-29(20)18-8-9-23-28(12-18)42-17-41-23)30-22-15-39-32(33(22,34)16-40-30)44-31-24(36-2)6-5-7-25(31)37-3/h5-9,11-13,20,22,29-30,32,34H,10,14-17H2,1-4H3/t20-,22+,29-,30+,32+,33+/m1/s1. The SMILES string of the molecule is COC[C@H]1Cc2cc([C@@H]3OC[C@@]4(O)[C@H](Oc5c(OC)cccc5OC)OC[C@@H]34)c(OC)cc2O[C@@H]1c1ccc2c(c1)OCO2. The summed E-state index contributed by atoms with van der Waals surface area (Å²) in [5.41, 5.74) is 1.38. The number of benzene rings is 3. The minimum Gasteiger partial charge on any atom is -0.496 e. The maximum absolute atomic E-state index is 11.9. The van der Waals surface area contributed by atoms with Crippen molar-refractivity contribution in [2.24, 2.45) is 11.8 Å². The minimum atomic E-state index is -1.42. The fraction of sp³-hybridized carbons (Fsp3) is 0.455. The molecule has 11 heteroatoms. The van der Waals surface area contributed by atoms with Crippen LogP contribution in [0.15, 0.2) is 48.5 Å². The van der Waals surface area contributed by atoms with Gasteiger partial charge in [0, 0.05) is 24.7 Å². The van der Waals surface area contributed by atoms with E-state index < -0.39 is 23.9 Å².